The van der Waals surface area contributed by atoms with E-state index in [-0.39, 0.29) is 13.0 Å². The number of aliphatic hydroxyl groups excluding tert-OH is 1. The van der Waals surface area contributed by atoms with Crippen LogP contribution in [0.25, 0.3) is 10.8 Å². The van der Waals surface area contributed by atoms with Crippen LogP contribution in [0.1, 0.15) is 6.42 Å². The number of anilines is 1. The molecule has 0 saturated heterocycles. The monoisotopic (exact) mass is 288 g/mol. The van der Waals surface area contributed by atoms with E-state index in [2.05, 4.69) is 10.6 Å². The predicted molar refractivity (Wildman–Crippen MR) is 79.2 cm³/mol. The van der Waals surface area contributed by atoms with Crippen molar-refractivity contribution in [1.29, 1.82) is 0 Å². The minimum absolute atomic E-state index is 0.0434. The molecule has 2 aromatic rings. The average Bonchev–Trinajstić information content (AvgIpc) is 2.47. The Hall–Kier alpha value is -2.60. The van der Waals surface area contributed by atoms with Gasteiger partial charge in [-0.05, 0) is 11.5 Å². The van der Waals surface area contributed by atoms with Crippen molar-refractivity contribution in [2.45, 2.75) is 12.5 Å². The third-order valence-corrected chi connectivity index (χ3v) is 3.03. The van der Waals surface area contributed by atoms with E-state index in [9.17, 15) is 9.59 Å². The predicted octanol–water partition coefficient (Wildman–Crippen LogP) is 1.80. The van der Waals surface area contributed by atoms with Gasteiger partial charge in [-0.1, -0.05) is 36.4 Å². The summed E-state index contributed by atoms with van der Waals surface area (Å²) in [5.41, 5.74) is 0.671. The van der Waals surface area contributed by atoms with Gasteiger partial charge in [-0.25, -0.2) is 9.59 Å². The molecule has 110 valence electrons. The first-order valence-electron chi connectivity index (χ1n) is 6.51. The summed E-state index contributed by atoms with van der Waals surface area (Å²) in [6.07, 6.45) is -1.51. The maximum absolute atomic E-state index is 11.8. The number of hydrogen-bond donors (Lipinski definition) is 4. The van der Waals surface area contributed by atoms with Crippen molar-refractivity contribution in [3.8, 4) is 0 Å². The van der Waals surface area contributed by atoms with Crippen molar-refractivity contribution >= 4 is 28.5 Å². The van der Waals surface area contributed by atoms with E-state index in [1.165, 1.54) is 0 Å². The first kappa shape index (κ1) is 14.8. The van der Waals surface area contributed by atoms with Crippen LogP contribution in [-0.2, 0) is 4.79 Å². The van der Waals surface area contributed by atoms with E-state index in [0.29, 0.717) is 5.69 Å². The summed E-state index contributed by atoms with van der Waals surface area (Å²) in [7, 11) is 0. The molecule has 4 N–H and O–H groups in total. The Morgan fingerprint density at radius 1 is 1.10 bits per heavy atom. The molecule has 0 fully saturated rings. The number of fused-ring (bicyclic) bond motifs is 1. The second kappa shape index (κ2) is 6.71. The third kappa shape index (κ3) is 3.93. The number of rotatable bonds is 5. The van der Waals surface area contributed by atoms with E-state index in [1.54, 1.807) is 6.07 Å². The standard InChI is InChI=1S/C15H16N2O4/c18-13(14(19)20)8-9-16-15(21)17-12-7-3-5-10-4-1-2-6-11(10)12/h1-7,13,18H,8-9H2,(H,19,20)(H2,16,17,21)/t13-/m0/s1. The molecule has 0 bridgehead atoms. The third-order valence-electron chi connectivity index (χ3n) is 3.03. The van der Waals surface area contributed by atoms with Crippen LogP contribution in [-0.4, -0.2) is 34.9 Å². The number of aliphatic carboxylic acids is 1. The first-order valence-corrected chi connectivity index (χ1v) is 6.51. The normalized spacial score (nSPS) is 11.9. The van der Waals surface area contributed by atoms with Gasteiger partial charge in [0, 0.05) is 18.4 Å². The van der Waals surface area contributed by atoms with Crippen molar-refractivity contribution in [3.63, 3.8) is 0 Å². The highest BCUT2D eigenvalue weighted by atomic mass is 16.4. The number of nitrogens with one attached hydrogen (secondary N) is 2. The lowest BCUT2D eigenvalue weighted by atomic mass is 10.1. The van der Waals surface area contributed by atoms with Gasteiger partial charge in [-0.15, -0.1) is 0 Å². The van der Waals surface area contributed by atoms with E-state index in [0.717, 1.165) is 10.8 Å². The number of aliphatic hydroxyl groups is 1. The zero-order valence-corrected chi connectivity index (χ0v) is 11.2. The molecule has 0 aliphatic rings. The largest absolute Gasteiger partial charge is 0.479 e. The quantitative estimate of drug-likeness (QED) is 0.674. The van der Waals surface area contributed by atoms with Crippen molar-refractivity contribution in [2.75, 3.05) is 11.9 Å². The number of amides is 2. The van der Waals surface area contributed by atoms with Gasteiger partial charge in [0.25, 0.3) is 0 Å². The fourth-order valence-electron chi connectivity index (χ4n) is 1.95. The highest BCUT2D eigenvalue weighted by Gasteiger charge is 2.13. The molecule has 6 nitrogen and oxygen atoms in total. The molecular formula is C15H16N2O4. The van der Waals surface area contributed by atoms with Gasteiger partial charge in [0.05, 0.1) is 5.69 Å². The fraction of sp³-hybridized carbons (Fsp3) is 0.200. The molecule has 0 heterocycles. The highest BCUT2D eigenvalue weighted by Crippen LogP contribution is 2.22. The van der Waals surface area contributed by atoms with Gasteiger partial charge >= 0.3 is 12.0 Å². The minimum atomic E-state index is -1.47. The van der Waals surface area contributed by atoms with Crippen LogP contribution in [0.3, 0.4) is 0 Å². The summed E-state index contributed by atoms with van der Waals surface area (Å²) in [4.78, 5) is 22.2. The van der Waals surface area contributed by atoms with Crippen LogP contribution in [0.15, 0.2) is 42.5 Å². The minimum Gasteiger partial charge on any atom is -0.479 e. The van der Waals surface area contributed by atoms with Gasteiger partial charge in [-0.3, -0.25) is 0 Å². The molecule has 21 heavy (non-hydrogen) atoms. The number of carbonyl (C=O) groups is 2. The SMILES string of the molecule is O=C(NCC[C@H](O)C(=O)O)Nc1cccc2ccccc12. The van der Waals surface area contributed by atoms with E-state index >= 15 is 0 Å². The highest BCUT2D eigenvalue weighted by molar-refractivity contribution is 6.01. The van der Waals surface area contributed by atoms with Gasteiger partial charge < -0.3 is 20.8 Å². The molecule has 0 spiro atoms. The second-order valence-electron chi connectivity index (χ2n) is 4.55. The van der Waals surface area contributed by atoms with Crippen LogP contribution in [0, 0.1) is 0 Å². The Morgan fingerprint density at radius 3 is 2.57 bits per heavy atom. The molecule has 2 amide bonds. The number of carboxylic acids is 1. The van der Waals surface area contributed by atoms with E-state index in [4.69, 9.17) is 10.2 Å². The van der Waals surface area contributed by atoms with Crippen LogP contribution in [0.5, 0.6) is 0 Å². The van der Waals surface area contributed by atoms with Gasteiger partial charge in [0.15, 0.2) is 6.10 Å². The lowest BCUT2D eigenvalue weighted by Gasteiger charge is -2.11. The number of hydrogen-bond acceptors (Lipinski definition) is 3. The van der Waals surface area contributed by atoms with Crippen LogP contribution in [0.2, 0.25) is 0 Å². The average molecular weight is 288 g/mol. The van der Waals surface area contributed by atoms with Crippen molar-refractivity contribution in [2.24, 2.45) is 0 Å². The first-order chi connectivity index (χ1) is 10.1. The molecular weight excluding hydrogens is 272 g/mol. The summed E-state index contributed by atoms with van der Waals surface area (Å²) in [6, 6.07) is 12.8. The molecule has 0 unspecified atom stereocenters. The molecule has 2 aromatic carbocycles. The molecule has 0 aliphatic carbocycles. The molecule has 1 atom stereocenters. The molecule has 0 aromatic heterocycles. The molecule has 2 rings (SSSR count). The summed E-state index contributed by atoms with van der Waals surface area (Å²) in [5, 5.41) is 24.8. The number of carbonyl (C=O) groups excluding carboxylic acids is 1. The topological polar surface area (TPSA) is 98.7 Å². The lowest BCUT2D eigenvalue weighted by Crippen LogP contribution is -2.33. The zero-order valence-electron chi connectivity index (χ0n) is 11.2. The summed E-state index contributed by atoms with van der Waals surface area (Å²) in [6.45, 7) is 0.0735. The van der Waals surface area contributed by atoms with Crippen LogP contribution >= 0.6 is 0 Å². The smallest absolute Gasteiger partial charge is 0.332 e. The second-order valence-corrected chi connectivity index (χ2v) is 4.55. The van der Waals surface area contributed by atoms with Gasteiger partial charge in [-0.2, -0.15) is 0 Å². The molecule has 0 saturated carbocycles. The van der Waals surface area contributed by atoms with E-state index in [1.807, 2.05) is 36.4 Å². The Balaban J connectivity index is 1.94. The Kier molecular flexibility index (Phi) is 4.73. The summed E-state index contributed by atoms with van der Waals surface area (Å²) >= 11 is 0. The Bertz CT molecular complexity index is 652. The fourth-order valence-corrected chi connectivity index (χ4v) is 1.95. The van der Waals surface area contributed by atoms with Gasteiger partial charge in [0.1, 0.15) is 0 Å². The van der Waals surface area contributed by atoms with Crippen LogP contribution < -0.4 is 10.6 Å². The maximum Gasteiger partial charge on any atom is 0.332 e. The summed E-state index contributed by atoms with van der Waals surface area (Å²) in [5.74, 6) is -1.30. The van der Waals surface area contributed by atoms with Crippen LogP contribution in [0.4, 0.5) is 10.5 Å². The summed E-state index contributed by atoms with van der Waals surface area (Å²) < 4.78 is 0. The maximum atomic E-state index is 11.8. The molecule has 0 aliphatic heterocycles. The zero-order chi connectivity index (χ0) is 15.2. The Morgan fingerprint density at radius 2 is 1.81 bits per heavy atom. The van der Waals surface area contributed by atoms with Gasteiger partial charge in [0.2, 0.25) is 0 Å². The lowest BCUT2D eigenvalue weighted by molar-refractivity contribution is -0.146. The van der Waals surface area contributed by atoms with E-state index < -0.39 is 18.1 Å². The Labute approximate surface area is 121 Å². The van der Waals surface area contributed by atoms with Crippen molar-refractivity contribution in [1.82, 2.24) is 5.32 Å². The number of benzene rings is 2. The van der Waals surface area contributed by atoms with Crippen molar-refractivity contribution in [3.05, 3.63) is 42.5 Å². The number of carboxylic acid groups (broad SMARTS) is 1. The van der Waals surface area contributed by atoms with Crippen molar-refractivity contribution < 1.29 is 19.8 Å². The molecule has 6 heteroatoms. The molecule has 0 radical (unpaired) electrons. The number of urea groups is 1.